The van der Waals surface area contributed by atoms with Crippen molar-refractivity contribution in [3.63, 3.8) is 0 Å². The van der Waals surface area contributed by atoms with Crippen LogP contribution in [0.25, 0.3) is 11.0 Å². The van der Waals surface area contributed by atoms with Gasteiger partial charge in [-0.25, -0.2) is 13.2 Å². The number of halogens is 1. The number of carbonyl (C=O) groups is 1. The smallest absolute Gasteiger partial charge is 0.295 e. The highest BCUT2D eigenvalue weighted by Gasteiger charge is 2.18. The average molecular weight is 395 g/mol. The third-order valence-corrected chi connectivity index (χ3v) is 5.46. The number of aryl methyl sites for hydroxylation is 2. The Morgan fingerprint density at radius 1 is 1.00 bits per heavy atom. The van der Waals surface area contributed by atoms with Crippen molar-refractivity contribution >= 4 is 38.6 Å². The standard InChI is InChI=1S/C16H15ClN4O4S/c1-20-13-8-7-12(9-14(13)21(2)16(20)23)26(24,25)19-18-15(22)10-3-5-11(17)6-4-10/h3-9,19H,1-2H3,(H,18,22). The highest BCUT2D eigenvalue weighted by atomic mass is 35.5. The van der Waals surface area contributed by atoms with Crippen molar-refractivity contribution < 1.29 is 13.2 Å². The summed E-state index contributed by atoms with van der Waals surface area (Å²) in [6.45, 7) is 0. The summed E-state index contributed by atoms with van der Waals surface area (Å²) < 4.78 is 27.6. The fourth-order valence-corrected chi connectivity index (χ4v) is 3.48. The molecular formula is C16H15ClN4O4S. The molecule has 0 spiro atoms. The van der Waals surface area contributed by atoms with Gasteiger partial charge in [-0.05, 0) is 42.5 Å². The summed E-state index contributed by atoms with van der Waals surface area (Å²) in [4.78, 5) is 25.9. The highest BCUT2D eigenvalue weighted by Crippen LogP contribution is 2.17. The molecule has 10 heteroatoms. The largest absolute Gasteiger partial charge is 0.328 e. The maximum atomic E-state index is 12.4. The first-order valence-electron chi connectivity index (χ1n) is 7.44. The van der Waals surface area contributed by atoms with Gasteiger partial charge in [-0.1, -0.05) is 11.6 Å². The second-order valence-corrected chi connectivity index (χ2v) is 7.74. The van der Waals surface area contributed by atoms with Crippen molar-refractivity contribution in [2.45, 2.75) is 4.90 Å². The quantitative estimate of drug-likeness (QED) is 0.648. The summed E-state index contributed by atoms with van der Waals surface area (Å²) >= 11 is 5.75. The average Bonchev–Trinajstić information content (AvgIpc) is 2.84. The van der Waals surface area contributed by atoms with Gasteiger partial charge in [-0.2, -0.15) is 0 Å². The van der Waals surface area contributed by atoms with E-state index in [0.29, 0.717) is 16.1 Å². The maximum absolute atomic E-state index is 12.4. The van der Waals surface area contributed by atoms with Crippen molar-refractivity contribution in [3.8, 4) is 0 Å². The Morgan fingerprint density at radius 3 is 2.27 bits per heavy atom. The molecule has 3 aromatic rings. The molecule has 0 saturated heterocycles. The molecule has 1 amide bonds. The predicted molar refractivity (Wildman–Crippen MR) is 97.4 cm³/mol. The molecular weight excluding hydrogens is 380 g/mol. The predicted octanol–water partition coefficient (Wildman–Crippen LogP) is 1.15. The normalized spacial score (nSPS) is 11.7. The van der Waals surface area contributed by atoms with Gasteiger partial charge in [0.25, 0.3) is 15.9 Å². The summed E-state index contributed by atoms with van der Waals surface area (Å²) in [6, 6.07) is 10.2. The Kier molecular flexibility index (Phi) is 4.61. The number of nitrogens with zero attached hydrogens (tertiary/aromatic N) is 2. The molecule has 0 fully saturated rings. The molecule has 3 rings (SSSR count). The zero-order valence-electron chi connectivity index (χ0n) is 13.9. The van der Waals surface area contributed by atoms with Crippen molar-refractivity contribution in [3.05, 3.63) is 63.5 Å². The molecule has 2 N–H and O–H groups in total. The summed E-state index contributed by atoms with van der Waals surface area (Å²) in [5.74, 6) is -0.626. The summed E-state index contributed by atoms with van der Waals surface area (Å²) in [6.07, 6.45) is 0. The molecule has 0 aliphatic carbocycles. The monoisotopic (exact) mass is 394 g/mol. The van der Waals surface area contributed by atoms with Crippen LogP contribution in [0.15, 0.2) is 52.2 Å². The molecule has 0 unspecified atom stereocenters. The number of benzene rings is 2. The van der Waals surface area contributed by atoms with E-state index in [1.807, 2.05) is 4.83 Å². The third-order valence-electron chi connectivity index (χ3n) is 3.96. The molecule has 0 aliphatic heterocycles. The Hall–Kier alpha value is -2.62. The summed E-state index contributed by atoms with van der Waals surface area (Å²) in [5.41, 5.74) is 3.19. The van der Waals surface area contributed by atoms with Gasteiger partial charge < -0.3 is 0 Å². The van der Waals surface area contributed by atoms with Gasteiger partial charge in [-0.15, -0.1) is 4.83 Å². The van der Waals surface area contributed by atoms with Crippen LogP contribution in [0.3, 0.4) is 0 Å². The molecule has 0 aliphatic rings. The van der Waals surface area contributed by atoms with E-state index in [1.165, 1.54) is 51.6 Å². The number of nitrogens with one attached hydrogen (secondary N) is 2. The van der Waals surface area contributed by atoms with Gasteiger partial charge in [0.05, 0.1) is 15.9 Å². The topological polar surface area (TPSA) is 102 Å². The molecule has 1 aromatic heterocycles. The Balaban J connectivity index is 1.85. The van der Waals surface area contributed by atoms with Crippen LogP contribution in [0.5, 0.6) is 0 Å². The zero-order valence-corrected chi connectivity index (χ0v) is 15.4. The molecule has 0 atom stereocenters. The highest BCUT2D eigenvalue weighted by molar-refractivity contribution is 7.89. The fraction of sp³-hybridized carbons (Fsp3) is 0.125. The van der Waals surface area contributed by atoms with Gasteiger partial charge in [0, 0.05) is 24.7 Å². The number of carbonyl (C=O) groups excluding carboxylic acids is 1. The lowest BCUT2D eigenvalue weighted by molar-refractivity contribution is 0.0945. The van der Waals surface area contributed by atoms with E-state index in [0.717, 1.165) is 0 Å². The van der Waals surface area contributed by atoms with Gasteiger partial charge in [-0.3, -0.25) is 19.4 Å². The summed E-state index contributed by atoms with van der Waals surface area (Å²) in [5, 5.41) is 0.462. The summed E-state index contributed by atoms with van der Waals surface area (Å²) in [7, 11) is -0.863. The molecule has 0 bridgehead atoms. The number of hydrogen-bond donors (Lipinski definition) is 2. The van der Waals surface area contributed by atoms with E-state index in [4.69, 9.17) is 11.6 Å². The zero-order chi connectivity index (χ0) is 19.1. The lowest BCUT2D eigenvalue weighted by Gasteiger charge is -2.09. The number of fused-ring (bicyclic) bond motifs is 1. The SMILES string of the molecule is Cn1c(=O)n(C)c2cc(S(=O)(=O)NNC(=O)c3ccc(Cl)cc3)ccc21. The van der Waals surface area contributed by atoms with Gasteiger partial charge in [0.15, 0.2) is 0 Å². The maximum Gasteiger partial charge on any atom is 0.328 e. The van der Waals surface area contributed by atoms with E-state index >= 15 is 0 Å². The first-order valence-corrected chi connectivity index (χ1v) is 9.30. The van der Waals surface area contributed by atoms with E-state index in [2.05, 4.69) is 5.43 Å². The minimum atomic E-state index is -4.02. The van der Waals surface area contributed by atoms with Crippen molar-refractivity contribution in [1.82, 2.24) is 19.4 Å². The van der Waals surface area contributed by atoms with Crippen LogP contribution >= 0.6 is 11.6 Å². The van der Waals surface area contributed by atoms with Crippen molar-refractivity contribution in [2.75, 3.05) is 0 Å². The third kappa shape index (κ3) is 3.24. The minimum Gasteiger partial charge on any atom is -0.295 e. The minimum absolute atomic E-state index is 0.0809. The van der Waals surface area contributed by atoms with E-state index in [9.17, 15) is 18.0 Å². The van der Waals surface area contributed by atoms with Gasteiger partial charge >= 0.3 is 5.69 Å². The Morgan fingerprint density at radius 2 is 1.62 bits per heavy atom. The van der Waals surface area contributed by atoms with Gasteiger partial charge in [0.2, 0.25) is 0 Å². The number of amides is 1. The lowest BCUT2D eigenvalue weighted by atomic mass is 10.2. The van der Waals surface area contributed by atoms with Crippen LogP contribution in [-0.2, 0) is 24.1 Å². The molecule has 1 heterocycles. The van der Waals surface area contributed by atoms with E-state index in [1.54, 1.807) is 14.1 Å². The second kappa shape index (κ2) is 6.60. The van der Waals surface area contributed by atoms with Gasteiger partial charge in [0.1, 0.15) is 0 Å². The van der Waals surface area contributed by atoms with Crippen LogP contribution in [0.2, 0.25) is 5.02 Å². The second-order valence-electron chi connectivity index (χ2n) is 5.62. The van der Waals surface area contributed by atoms with Crippen LogP contribution in [0.4, 0.5) is 0 Å². The Labute approximate surface area is 154 Å². The molecule has 26 heavy (non-hydrogen) atoms. The molecule has 0 radical (unpaired) electrons. The fourth-order valence-electron chi connectivity index (χ4n) is 2.50. The Bertz CT molecular complexity index is 1160. The first-order chi connectivity index (χ1) is 12.2. The number of imidazole rings is 1. The van der Waals surface area contributed by atoms with Crippen molar-refractivity contribution in [1.29, 1.82) is 0 Å². The number of hydrogen-bond acceptors (Lipinski definition) is 4. The molecule has 8 nitrogen and oxygen atoms in total. The number of hydrazine groups is 1. The van der Waals surface area contributed by atoms with Crippen LogP contribution in [-0.4, -0.2) is 23.5 Å². The van der Waals surface area contributed by atoms with Crippen LogP contribution < -0.4 is 15.9 Å². The van der Waals surface area contributed by atoms with Crippen LogP contribution in [0.1, 0.15) is 10.4 Å². The molecule has 2 aromatic carbocycles. The number of sulfonamides is 1. The van der Waals surface area contributed by atoms with E-state index in [-0.39, 0.29) is 16.1 Å². The van der Waals surface area contributed by atoms with Crippen molar-refractivity contribution in [2.24, 2.45) is 14.1 Å². The van der Waals surface area contributed by atoms with Crippen LogP contribution in [0, 0.1) is 0 Å². The van der Waals surface area contributed by atoms with E-state index < -0.39 is 15.9 Å². The number of rotatable bonds is 4. The number of aromatic nitrogens is 2. The lowest BCUT2D eigenvalue weighted by Crippen LogP contribution is -2.41. The molecule has 136 valence electrons. The molecule has 0 saturated carbocycles. The first kappa shape index (κ1) is 18.2.